The second kappa shape index (κ2) is 5.74. The fraction of sp³-hybridized carbons (Fsp3) is 0.389. The van der Waals surface area contributed by atoms with Crippen molar-refractivity contribution < 1.29 is 4.79 Å². The molecule has 2 fully saturated rings. The summed E-state index contributed by atoms with van der Waals surface area (Å²) in [5.41, 5.74) is 1.12. The molecule has 1 N–H and O–H groups in total. The lowest BCUT2D eigenvalue weighted by Crippen LogP contribution is -2.38. The summed E-state index contributed by atoms with van der Waals surface area (Å²) in [7, 11) is 0. The minimum absolute atomic E-state index is 0.114. The number of aromatic nitrogens is 2. The van der Waals surface area contributed by atoms with E-state index < -0.39 is 0 Å². The normalized spacial score (nSPS) is 21.7. The monoisotopic (exact) mass is 343 g/mol. The van der Waals surface area contributed by atoms with Crippen molar-refractivity contribution in [2.75, 3.05) is 13.1 Å². The Kier molecular flexibility index (Phi) is 3.68. The predicted molar refractivity (Wildman–Crippen MR) is 91.2 cm³/mol. The number of nitrogens with zero attached hydrogens (tertiary/aromatic N) is 2. The molecule has 1 saturated heterocycles. The second-order valence-electron chi connectivity index (χ2n) is 6.79. The number of carbonyl (C=O) groups is 1. The molecule has 6 heteroatoms. The number of carbonyl (C=O) groups excluding carboxylic acids is 1. The molecule has 124 valence electrons. The van der Waals surface area contributed by atoms with Gasteiger partial charge in [-0.25, -0.2) is 0 Å². The summed E-state index contributed by atoms with van der Waals surface area (Å²) in [5, 5.41) is 0.762. The Morgan fingerprint density at radius 2 is 2.08 bits per heavy atom. The van der Waals surface area contributed by atoms with Gasteiger partial charge in [-0.05, 0) is 29.9 Å². The molecule has 2 aliphatic rings. The Morgan fingerprint density at radius 1 is 1.29 bits per heavy atom. The number of aromatic amines is 1. The SMILES string of the molecule is O=C(c1cncc(=O)[nH]1)N1CC(c2ccccc2Cl)C2(CCC2)C1. The second-order valence-corrected chi connectivity index (χ2v) is 7.19. The van der Waals surface area contributed by atoms with E-state index in [-0.39, 0.29) is 28.5 Å². The third kappa shape index (κ3) is 2.44. The summed E-state index contributed by atoms with van der Waals surface area (Å²) in [5.74, 6) is 0.0771. The van der Waals surface area contributed by atoms with Crippen LogP contribution in [0.3, 0.4) is 0 Å². The molecule has 1 aromatic heterocycles. The Balaban J connectivity index is 1.65. The number of amides is 1. The fourth-order valence-electron chi connectivity index (χ4n) is 4.10. The van der Waals surface area contributed by atoms with Crippen LogP contribution < -0.4 is 5.56 Å². The number of rotatable bonds is 2. The van der Waals surface area contributed by atoms with Crippen molar-refractivity contribution in [2.45, 2.75) is 25.2 Å². The molecular formula is C18H18ClN3O2. The van der Waals surface area contributed by atoms with Gasteiger partial charge < -0.3 is 9.88 Å². The van der Waals surface area contributed by atoms with Crippen molar-refractivity contribution in [2.24, 2.45) is 5.41 Å². The number of likely N-dealkylation sites (tertiary alicyclic amines) is 1. The fourth-order valence-corrected chi connectivity index (χ4v) is 4.37. The van der Waals surface area contributed by atoms with Crippen LogP contribution in [0.4, 0.5) is 0 Å². The average molecular weight is 344 g/mol. The summed E-state index contributed by atoms with van der Waals surface area (Å²) in [6, 6.07) is 7.90. The molecule has 1 aliphatic carbocycles. The molecule has 4 rings (SSSR count). The minimum atomic E-state index is -0.360. The first-order valence-corrected chi connectivity index (χ1v) is 8.55. The van der Waals surface area contributed by atoms with Gasteiger partial charge in [0.25, 0.3) is 11.5 Å². The highest BCUT2D eigenvalue weighted by atomic mass is 35.5. The highest BCUT2D eigenvalue weighted by Crippen LogP contribution is 2.56. The first-order valence-electron chi connectivity index (χ1n) is 8.17. The lowest BCUT2D eigenvalue weighted by molar-refractivity contribution is 0.0719. The molecule has 2 aromatic rings. The lowest BCUT2D eigenvalue weighted by atomic mass is 9.61. The van der Waals surface area contributed by atoms with Crippen LogP contribution in [0.15, 0.2) is 41.5 Å². The summed E-state index contributed by atoms with van der Waals surface area (Å²) >= 11 is 6.42. The van der Waals surface area contributed by atoms with Crippen LogP contribution in [0, 0.1) is 5.41 Å². The standard InChI is InChI=1S/C18H18ClN3O2/c19-14-5-2-1-4-12(14)13-10-22(11-18(13)6-3-7-18)17(24)15-8-20-9-16(23)21-15/h1-2,4-5,8-9,13H,3,6-7,10-11H2,(H,21,23). The zero-order valence-corrected chi connectivity index (χ0v) is 13.9. The predicted octanol–water partition coefficient (Wildman–Crippen LogP) is 2.83. The largest absolute Gasteiger partial charge is 0.336 e. The molecule has 0 bridgehead atoms. The molecule has 1 saturated carbocycles. The van der Waals surface area contributed by atoms with Gasteiger partial charge in [0.05, 0.1) is 12.4 Å². The van der Waals surface area contributed by atoms with Gasteiger partial charge in [-0.2, -0.15) is 0 Å². The maximum Gasteiger partial charge on any atom is 0.272 e. The highest BCUT2D eigenvalue weighted by molar-refractivity contribution is 6.31. The quantitative estimate of drug-likeness (QED) is 0.911. The molecular weight excluding hydrogens is 326 g/mol. The van der Waals surface area contributed by atoms with Crippen LogP contribution in [-0.2, 0) is 0 Å². The van der Waals surface area contributed by atoms with E-state index in [1.165, 1.54) is 18.8 Å². The smallest absolute Gasteiger partial charge is 0.272 e. The van der Waals surface area contributed by atoms with Gasteiger partial charge in [0, 0.05) is 24.0 Å². The molecule has 1 unspecified atom stereocenters. The molecule has 1 atom stereocenters. The van der Waals surface area contributed by atoms with Gasteiger partial charge in [-0.3, -0.25) is 14.6 Å². The van der Waals surface area contributed by atoms with Crippen LogP contribution in [-0.4, -0.2) is 33.9 Å². The number of hydrogen-bond donors (Lipinski definition) is 1. The van der Waals surface area contributed by atoms with E-state index >= 15 is 0 Å². The van der Waals surface area contributed by atoms with Crippen LogP contribution in [0.5, 0.6) is 0 Å². The first-order chi connectivity index (χ1) is 11.6. The van der Waals surface area contributed by atoms with Gasteiger partial charge in [-0.15, -0.1) is 0 Å². The Bertz CT molecular complexity index is 844. The zero-order valence-electron chi connectivity index (χ0n) is 13.2. The summed E-state index contributed by atoms with van der Waals surface area (Å²) < 4.78 is 0. The van der Waals surface area contributed by atoms with E-state index in [9.17, 15) is 9.59 Å². The van der Waals surface area contributed by atoms with Crippen molar-refractivity contribution in [1.82, 2.24) is 14.9 Å². The lowest BCUT2D eigenvalue weighted by Gasteiger charge is -2.43. The van der Waals surface area contributed by atoms with Crippen molar-refractivity contribution in [1.29, 1.82) is 0 Å². The maximum absolute atomic E-state index is 12.8. The highest BCUT2D eigenvalue weighted by Gasteiger charge is 2.52. The Morgan fingerprint density at radius 3 is 2.75 bits per heavy atom. The molecule has 1 aliphatic heterocycles. The molecule has 1 amide bonds. The summed E-state index contributed by atoms with van der Waals surface area (Å²) in [4.78, 5) is 32.4. The maximum atomic E-state index is 12.8. The Labute approximate surface area is 144 Å². The Hall–Kier alpha value is -2.14. The molecule has 5 nitrogen and oxygen atoms in total. The zero-order chi connectivity index (χ0) is 16.7. The van der Waals surface area contributed by atoms with Crippen molar-refractivity contribution in [3.63, 3.8) is 0 Å². The van der Waals surface area contributed by atoms with E-state index in [1.807, 2.05) is 23.1 Å². The minimum Gasteiger partial charge on any atom is -0.336 e. The number of nitrogens with one attached hydrogen (secondary N) is 1. The number of halogens is 1. The van der Waals surface area contributed by atoms with E-state index in [1.54, 1.807) is 0 Å². The van der Waals surface area contributed by atoms with Crippen molar-refractivity contribution >= 4 is 17.5 Å². The van der Waals surface area contributed by atoms with Crippen LogP contribution in [0.25, 0.3) is 0 Å². The van der Waals surface area contributed by atoms with Crippen LogP contribution >= 0.6 is 11.6 Å². The van der Waals surface area contributed by atoms with Gasteiger partial charge in [0.15, 0.2) is 0 Å². The van der Waals surface area contributed by atoms with E-state index in [4.69, 9.17) is 11.6 Å². The van der Waals surface area contributed by atoms with Gasteiger partial charge in [0.1, 0.15) is 5.69 Å². The first kappa shape index (κ1) is 15.4. The van der Waals surface area contributed by atoms with E-state index in [0.29, 0.717) is 13.1 Å². The van der Waals surface area contributed by atoms with Crippen molar-refractivity contribution in [3.8, 4) is 0 Å². The average Bonchev–Trinajstić information content (AvgIpc) is 2.95. The third-order valence-corrected chi connectivity index (χ3v) is 5.79. The van der Waals surface area contributed by atoms with E-state index in [2.05, 4.69) is 16.0 Å². The van der Waals surface area contributed by atoms with Crippen LogP contribution in [0.2, 0.25) is 5.02 Å². The number of hydrogen-bond acceptors (Lipinski definition) is 3. The topological polar surface area (TPSA) is 66.1 Å². The number of benzene rings is 1. The molecule has 2 heterocycles. The number of H-pyrrole nitrogens is 1. The summed E-state index contributed by atoms with van der Waals surface area (Å²) in [6.07, 6.45) is 5.99. The molecule has 1 aromatic carbocycles. The third-order valence-electron chi connectivity index (χ3n) is 5.45. The molecule has 0 radical (unpaired) electrons. The van der Waals surface area contributed by atoms with E-state index in [0.717, 1.165) is 23.4 Å². The van der Waals surface area contributed by atoms with Crippen LogP contribution in [0.1, 0.15) is 41.2 Å². The molecule has 1 spiro atoms. The van der Waals surface area contributed by atoms with Gasteiger partial charge in [-0.1, -0.05) is 36.2 Å². The molecule has 24 heavy (non-hydrogen) atoms. The van der Waals surface area contributed by atoms with Gasteiger partial charge in [0.2, 0.25) is 0 Å². The van der Waals surface area contributed by atoms with Gasteiger partial charge >= 0.3 is 0 Å². The summed E-state index contributed by atoms with van der Waals surface area (Å²) in [6.45, 7) is 1.33. The van der Waals surface area contributed by atoms with Crippen molar-refractivity contribution in [3.05, 3.63) is 63.3 Å².